The molecule has 1 aliphatic rings. The third-order valence-corrected chi connectivity index (χ3v) is 4.26. The third-order valence-electron chi connectivity index (χ3n) is 3.59. The number of hydrogen-bond acceptors (Lipinski definition) is 1. The summed E-state index contributed by atoms with van der Waals surface area (Å²) in [7, 11) is 0. The Morgan fingerprint density at radius 1 is 1.25 bits per heavy atom. The first-order chi connectivity index (χ1) is 9.38. The van der Waals surface area contributed by atoms with E-state index in [-0.39, 0.29) is 6.42 Å². The first-order valence-electron chi connectivity index (χ1n) is 6.51. The average Bonchev–Trinajstić information content (AvgIpc) is 2.38. The fourth-order valence-electron chi connectivity index (χ4n) is 2.58. The molecule has 1 aliphatic carbocycles. The van der Waals surface area contributed by atoms with Crippen LogP contribution >= 0.6 is 22.6 Å². The number of rotatable bonds is 2. The van der Waals surface area contributed by atoms with Crippen molar-refractivity contribution in [3.8, 4) is 0 Å². The molecule has 6 heteroatoms. The van der Waals surface area contributed by atoms with E-state index < -0.39 is 24.0 Å². The van der Waals surface area contributed by atoms with Gasteiger partial charge in [-0.3, -0.25) is 4.79 Å². The number of amides is 1. The zero-order valence-corrected chi connectivity index (χ0v) is 12.9. The Morgan fingerprint density at radius 2 is 1.95 bits per heavy atom. The number of hydrogen-bond donors (Lipinski definition) is 1. The molecule has 110 valence electrons. The average molecular weight is 397 g/mol. The fraction of sp³-hybridized carbons (Fsp3) is 0.500. The van der Waals surface area contributed by atoms with Crippen molar-refractivity contribution >= 4 is 28.5 Å². The van der Waals surface area contributed by atoms with Crippen LogP contribution in [-0.4, -0.2) is 18.1 Å². The Balaban J connectivity index is 2.09. The van der Waals surface area contributed by atoms with Gasteiger partial charge in [0.2, 0.25) is 0 Å². The van der Waals surface area contributed by atoms with Gasteiger partial charge in [-0.15, -0.1) is 0 Å². The summed E-state index contributed by atoms with van der Waals surface area (Å²) in [6, 6.07) is 6.02. The van der Waals surface area contributed by atoms with Gasteiger partial charge >= 0.3 is 6.18 Å². The second-order valence-electron chi connectivity index (χ2n) is 5.02. The van der Waals surface area contributed by atoms with Gasteiger partial charge in [0, 0.05) is 15.2 Å². The molecule has 0 bridgehead atoms. The highest BCUT2D eigenvalue weighted by molar-refractivity contribution is 14.1. The molecule has 0 aromatic heterocycles. The van der Waals surface area contributed by atoms with E-state index in [0.717, 1.165) is 9.99 Å². The van der Waals surface area contributed by atoms with Crippen molar-refractivity contribution in [2.75, 3.05) is 0 Å². The number of carbonyl (C=O) groups excluding carboxylic acids is 1. The van der Waals surface area contributed by atoms with Crippen molar-refractivity contribution < 1.29 is 18.0 Å². The SMILES string of the molecule is O=C(NC1CCCCC1C(F)(F)F)c1cccc(I)c1. The van der Waals surface area contributed by atoms with Crippen molar-refractivity contribution in [3.05, 3.63) is 33.4 Å². The maximum absolute atomic E-state index is 13.0. The Labute approximate surface area is 129 Å². The first kappa shape index (κ1) is 15.6. The van der Waals surface area contributed by atoms with Gasteiger partial charge in [-0.05, 0) is 53.6 Å². The van der Waals surface area contributed by atoms with Gasteiger partial charge in [-0.25, -0.2) is 0 Å². The van der Waals surface area contributed by atoms with Crippen LogP contribution in [0.5, 0.6) is 0 Å². The molecule has 1 amide bonds. The zero-order valence-electron chi connectivity index (χ0n) is 10.7. The van der Waals surface area contributed by atoms with Crippen LogP contribution in [0, 0.1) is 9.49 Å². The standard InChI is InChI=1S/C14H15F3INO/c15-14(16,17)11-6-1-2-7-12(11)19-13(20)9-4-3-5-10(18)8-9/h3-5,8,11-12H,1-2,6-7H2,(H,19,20). The summed E-state index contributed by atoms with van der Waals surface area (Å²) in [4.78, 5) is 12.1. The highest BCUT2D eigenvalue weighted by Gasteiger charge is 2.45. The predicted molar refractivity (Wildman–Crippen MR) is 78.4 cm³/mol. The van der Waals surface area contributed by atoms with Crippen LogP contribution in [0.25, 0.3) is 0 Å². The van der Waals surface area contributed by atoms with Crippen molar-refractivity contribution in [2.45, 2.75) is 37.9 Å². The normalized spacial score (nSPS) is 23.4. The van der Waals surface area contributed by atoms with Crippen molar-refractivity contribution in [1.82, 2.24) is 5.32 Å². The van der Waals surface area contributed by atoms with E-state index >= 15 is 0 Å². The molecule has 1 fully saturated rings. The fourth-order valence-corrected chi connectivity index (χ4v) is 3.12. The van der Waals surface area contributed by atoms with Gasteiger partial charge in [0.05, 0.1) is 5.92 Å². The highest BCUT2D eigenvalue weighted by atomic mass is 127. The number of halogens is 4. The number of benzene rings is 1. The summed E-state index contributed by atoms with van der Waals surface area (Å²) < 4.78 is 39.7. The summed E-state index contributed by atoms with van der Waals surface area (Å²) in [5.74, 6) is -1.85. The molecule has 1 aromatic carbocycles. The molecule has 2 unspecified atom stereocenters. The summed E-state index contributed by atoms with van der Waals surface area (Å²) in [6.07, 6.45) is -2.46. The highest BCUT2D eigenvalue weighted by Crippen LogP contribution is 2.37. The lowest BCUT2D eigenvalue weighted by atomic mass is 9.84. The van der Waals surface area contributed by atoms with Gasteiger partial charge < -0.3 is 5.32 Å². The summed E-state index contributed by atoms with van der Waals surface area (Å²) >= 11 is 2.07. The van der Waals surface area contributed by atoms with E-state index in [1.165, 1.54) is 0 Å². The molecular weight excluding hydrogens is 382 g/mol. The molecule has 2 rings (SSSR count). The molecule has 1 aromatic rings. The molecule has 0 aliphatic heterocycles. The minimum atomic E-state index is -4.25. The number of nitrogens with one attached hydrogen (secondary N) is 1. The van der Waals surface area contributed by atoms with Gasteiger partial charge in [0.1, 0.15) is 0 Å². The van der Waals surface area contributed by atoms with E-state index in [0.29, 0.717) is 18.4 Å². The van der Waals surface area contributed by atoms with Crippen LogP contribution < -0.4 is 5.32 Å². The maximum Gasteiger partial charge on any atom is 0.393 e. The molecule has 1 saturated carbocycles. The number of carbonyl (C=O) groups is 1. The molecule has 1 N–H and O–H groups in total. The lowest BCUT2D eigenvalue weighted by Crippen LogP contribution is -2.47. The molecule has 2 nitrogen and oxygen atoms in total. The van der Waals surface area contributed by atoms with Crippen molar-refractivity contribution in [2.24, 2.45) is 5.92 Å². The van der Waals surface area contributed by atoms with Gasteiger partial charge in [-0.1, -0.05) is 18.9 Å². The van der Waals surface area contributed by atoms with Gasteiger partial charge in [-0.2, -0.15) is 13.2 Å². The Bertz CT molecular complexity index is 490. The second-order valence-corrected chi connectivity index (χ2v) is 6.27. The van der Waals surface area contributed by atoms with E-state index in [4.69, 9.17) is 0 Å². The van der Waals surface area contributed by atoms with Gasteiger partial charge in [0.25, 0.3) is 5.91 Å². The Kier molecular flexibility index (Phi) is 4.93. The van der Waals surface area contributed by atoms with Crippen LogP contribution in [0.1, 0.15) is 36.0 Å². The lowest BCUT2D eigenvalue weighted by molar-refractivity contribution is -0.187. The predicted octanol–water partition coefficient (Wildman–Crippen LogP) is 4.14. The smallest absolute Gasteiger partial charge is 0.349 e. The lowest BCUT2D eigenvalue weighted by Gasteiger charge is -2.33. The molecule has 0 spiro atoms. The molecule has 20 heavy (non-hydrogen) atoms. The van der Waals surface area contributed by atoms with Gasteiger partial charge in [0.15, 0.2) is 0 Å². The van der Waals surface area contributed by atoms with E-state index in [1.807, 2.05) is 6.07 Å². The zero-order chi connectivity index (χ0) is 14.8. The molecule has 0 saturated heterocycles. The van der Waals surface area contributed by atoms with Crippen molar-refractivity contribution in [1.29, 1.82) is 0 Å². The van der Waals surface area contributed by atoms with Crippen LogP contribution in [-0.2, 0) is 0 Å². The summed E-state index contributed by atoms with van der Waals surface area (Å²) in [5, 5.41) is 2.56. The molecule has 2 atom stereocenters. The minimum Gasteiger partial charge on any atom is -0.349 e. The first-order valence-corrected chi connectivity index (χ1v) is 7.59. The van der Waals surface area contributed by atoms with Crippen LogP contribution in [0.2, 0.25) is 0 Å². The quantitative estimate of drug-likeness (QED) is 0.747. The van der Waals surface area contributed by atoms with E-state index in [1.54, 1.807) is 18.2 Å². The van der Waals surface area contributed by atoms with Crippen LogP contribution in [0.4, 0.5) is 13.2 Å². The molecule has 0 radical (unpaired) electrons. The maximum atomic E-state index is 13.0. The van der Waals surface area contributed by atoms with Crippen LogP contribution in [0.15, 0.2) is 24.3 Å². The minimum absolute atomic E-state index is 0.0980. The number of alkyl halides is 3. The monoisotopic (exact) mass is 397 g/mol. The summed E-state index contributed by atoms with van der Waals surface area (Å²) in [6.45, 7) is 0. The second kappa shape index (κ2) is 6.32. The Morgan fingerprint density at radius 3 is 2.60 bits per heavy atom. The molecule has 0 heterocycles. The molecular formula is C14H15F3INO. The van der Waals surface area contributed by atoms with Crippen molar-refractivity contribution in [3.63, 3.8) is 0 Å². The Hall–Kier alpha value is -0.790. The largest absolute Gasteiger partial charge is 0.393 e. The summed E-state index contributed by atoms with van der Waals surface area (Å²) in [5.41, 5.74) is 0.406. The topological polar surface area (TPSA) is 29.1 Å². The van der Waals surface area contributed by atoms with E-state index in [2.05, 4.69) is 27.9 Å². The van der Waals surface area contributed by atoms with Crippen LogP contribution in [0.3, 0.4) is 0 Å². The van der Waals surface area contributed by atoms with E-state index in [9.17, 15) is 18.0 Å². The third kappa shape index (κ3) is 3.86.